The smallest absolute Gasteiger partial charge is 0.257 e. The summed E-state index contributed by atoms with van der Waals surface area (Å²) < 4.78 is 5.57. The van der Waals surface area contributed by atoms with Crippen molar-refractivity contribution < 1.29 is 14.3 Å². The molecule has 0 unspecified atom stereocenters. The van der Waals surface area contributed by atoms with Gasteiger partial charge in [0.05, 0.1) is 12.2 Å². The highest BCUT2D eigenvalue weighted by molar-refractivity contribution is 5.97. The number of amides is 2. The molecular formula is C19H26N2O3. The first kappa shape index (κ1) is 16.8. The number of carbonyl (C=O) groups is 2. The van der Waals surface area contributed by atoms with E-state index in [1.165, 1.54) is 0 Å². The molecule has 2 heterocycles. The summed E-state index contributed by atoms with van der Waals surface area (Å²) in [4.78, 5) is 29.1. The van der Waals surface area contributed by atoms with Gasteiger partial charge in [0.2, 0.25) is 5.91 Å². The number of nitrogens with zero attached hydrogens (tertiary/aromatic N) is 2. The average Bonchev–Trinajstić information content (AvgIpc) is 3.16. The van der Waals surface area contributed by atoms with E-state index in [-0.39, 0.29) is 17.7 Å². The van der Waals surface area contributed by atoms with Crippen molar-refractivity contribution in [2.45, 2.75) is 32.6 Å². The summed E-state index contributed by atoms with van der Waals surface area (Å²) in [5.74, 6) is 1.01. The molecule has 130 valence electrons. The van der Waals surface area contributed by atoms with Crippen molar-refractivity contribution in [3.8, 4) is 5.75 Å². The zero-order chi connectivity index (χ0) is 16.9. The van der Waals surface area contributed by atoms with Crippen molar-refractivity contribution >= 4 is 11.8 Å². The molecule has 0 aliphatic carbocycles. The van der Waals surface area contributed by atoms with Crippen molar-refractivity contribution in [3.63, 3.8) is 0 Å². The number of hydrogen-bond acceptors (Lipinski definition) is 3. The van der Waals surface area contributed by atoms with Gasteiger partial charge < -0.3 is 14.5 Å². The van der Waals surface area contributed by atoms with E-state index in [0.717, 1.165) is 38.8 Å². The van der Waals surface area contributed by atoms with Gasteiger partial charge in [-0.05, 0) is 44.7 Å². The number of carbonyl (C=O) groups excluding carboxylic acids is 2. The first-order chi connectivity index (χ1) is 11.7. The Morgan fingerprint density at radius 1 is 1.04 bits per heavy atom. The van der Waals surface area contributed by atoms with Crippen LogP contribution >= 0.6 is 0 Å². The number of piperidine rings is 1. The van der Waals surface area contributed by atoms with Crippen LogP contribution in [0.2, 0.25) is 0 Å². The van der Waals surface area contributed by atoms with E-state index < -0.39 is 0 Å². The highest BCUT2D eigenvalue weighted by atomic mass is 16.5. The van der Waals surface area contributed by atoms with Crippen LogP contribution in [0.4, 0.5) is 0 Å². The van der Waals surface area contributed by atoms with Gasteiger partial charge in [-0.25, -0.2) is 0 Å². The van der Waals surface area contributed by atoms with Crippen LogP contribution in [0.15, 0.2) is 24.3 Å². The number of rotatable bonds is 4. The molecule has 5 nitrogen and oxygen atoms in total. The van der Waals surface area contributed by atoms with Gasteiger partial charge in [0, 0.05) is 32.1 Å². The normalized spacial score (nSPS) is 18.7. The van der Waals surface area contributed by atoms with Crippen LogP contribution in [0.1, 0.15) is 43.0 Å². The quantitative estimate of drug-likeness (QED) is 0.852. The fourth-order valence-electron chi connectivity index (χ4n) is 3.62. The van der Waals surface area contributed by atoms with Gasteiger partial charge in [-0.15, -0.1) is 0 Å². The molecule has 2 amide bonds. The minimum atomic E-state index is 0.00567. The van der Waals surface area contributed by atoms with Gasteiger partial charge in [0.15, 0.2) is 0 Å². The second-order valence-corrected chi connectivity index (χ2v) is 6.53. The molecule has 2 fully saturated rings. The van der Waals surface area contributed by atoms with E-state index >= 15 is 0 Å². The van der Waals surface area contributed by atoms with Gasteiger partial charge in [0.1, 0.15) is 5.75 Å². The third kappa shape index (κ3) is 3.55. The van der Waals surface area contributed by atoms with E-state index in [4.69, 9.17) is 4.74 Å². The number of likely N-dealkylation sites (tertiary alicyclic amines) is 2. The molecule has 0 bridgehead atoms. The Bertz CT molecular complexity index is 588. The Morgan fingerprint density at radius 3 is 2.38 bits per heavy atom. The summed E-state index contributed by atoms with van der Waals surface area (Å²) in [6.07, 6.45) is 3.77. The molecule has 3 rings (SSSR count). The number of ether oxygens (including phenoxy) is 1. The fourth-order valence-corrected chi connectivity index (χ4v) is 3.62. The Kier molecular flexibility index (Phi) is 5.38. The maximum atomic E-state index is 12.8. The van der Waals surface area contributed by atoms with Crippen LogP contribution in [-0.4, -0.2) is 54.4 Å². The van der Waals surface area contributed by atoms with E-state index in [9.17, 15) is 9.59 Å². The van der Waals surface area contributed by atoms with E-state index in [2.05, 4.69) is 0 Å². The maximum Gasteiger partial charge on any atom is 0.257 e. The molecule has 0 atom stereocenters. The Hall–Kier alpha value is -2.04. The van der Waals surface area contributed by atoms with Crippen LogP contribution in [0, 0.1) is 5.92 Å². The Balaban J connectivity index is 1.60. The molecule has 0 aromatic heterocycles. The van der Waals surface area contributed by atoms with E-state index in [1.807, 2.05) is 41.0 Å². The monoisotopic (exact) mass is 330 g/mol. The van der Waals surface area contributed by atoms with Crippen LogP contribution in [0.3, 0.4) is 0 Å². The molecule has 2 aliphatic heterocycles. The van der Waals surface area contributed by atoms with Gasteiger partial charge in [-0.3, -0.25) is 9.59 Å². The van der Waals surface area contributed by atoms with Crippen molar-refractivity contribution in [3.05, 3.63) is 29.8 Å². The van der Waals surface area contributed by atoms with Gasteiger partial charge in [0.25, 0.3) is 5.91 Å². The first-order valence-corrected chi connectivity index (χ1v) is 9.00. The lowest BCUT2D eigenvalue weighted by molar-refractivity contribution is -0.135. The van der Waals surface area contributed by atoms with Crippen LogP contribution in [-0.2, 0) is 4.79 Å². The second-order valence-electron chi connectivity index (χ2n) is 6.53. The molecule has 1 aromatic rings. The molecule has 1 aromatic carbocycles. The maximum absolute atomic E-state index is 12.8. The number of benzene rings is 1. The van der Waals surface area contributed by atoms with Crippen LogP contribution in [0.25, 0.3) is 0 Å². The predicted octanol–water partition coefficient (Wildman–Crippen LogP) is 2.56. The standard InChI is InChI=1S/C19H26N2O3/c1-2-24-17-8-4-3-7-16(17)19(23)21-13-9-15(10-14-21)18(22)20-11-5-6-12-20/h3-4,7-8,15H,2,5-6,9-14H2,1H3. The third-order valence-electron chi connectivity index (χ3n) is 4.97. The molecule has 0 radical (unpaired) electrons. The number of para-hydroxylation sites is 1. The highest BCUT2D eigenvalue weighted by Crippen LogP contribution is 2.25. The van der Waals surface area contributed by atoms with Gasteiger partial charge in [-0.2, -0.15) is 0 Å². The SMILES string of the molecule is CCOc1ccccc1C(=O)N1CCC(C(=O)N2CCCC2)CC1. The van der Waals surface area contributed by atoms with E-state index in [0.29, 0.717) is 31.0 Å². The molecule has 0 spiro atoms. The summed E-state index contributed by atoms with van der Waals surface area (Å²) in [6.45, 7) is 5.54. The molecule has 5 heteroatoms. The minimum Gasteiger partial charge on any atom is -0.493 e. The first-order valence-electron chi connectivity index (χ1n) is 9.00. The third-order valence-corrected chi connectivity index (χ3v) is 4.97. The Labute approximate surface area is 143 Å². The summed E-state index contributed by atoms with van der Waals surface area (Å²) in [6, 6.07) is 7.39. The molecule has 2 saturated heterocycles. The summed E-state index contributed by atoms with van der Waals surface area (Å²) in [5.41, 5.74) is 0.615. The molecular weight excluding hydrogens is 304 g/mol. The fraction of sp³-hybridized carbons (Fsp3) is 0.579. The van der Waals surface area contributed by atoms with Crippen LogP contribution in [0.5, 0.6) is 5.75 Å². The zero-order valence-corrected chi connectivity index (χ0v) is 14.4. The Morgan fingerprint density at radius 2 is 1.71 bits per heavy atom. The predicted molar refractivity (Wildman–Crippen MR) is 92.1 cm³/mol. The molecule has 2 aliphatic rings. The lowest BCUT2D eigenvalue weighted by Gasteiger charge is -2.33. The lowest BCUT2D eigenvalue weighted by atomic mass is 9.95. The molecule has 24 heavy (non-hydrogen) atoms. The second kappa shape index (κ2) is 7.69. The van der Waals surface area contributed by atoms with Crippen molar-refractivity contribution in [1.82, 2.24) is 9.80 Å². The van der Waals surface area contributed by atoms with Gasteiger partial charge >= 0.3 is 0 Å². The summed E-state index contributed by atoms with van der Waals surface area (Å²) in [5, 5.41) is 0. The minimum absolute atomic E-state index is 0.00567. The highest BCUT2D eigenvalue weighted by Gasteiger charge is 2.32. The van der Waals surface area contributed by atoms with Crippen LogP contribution < -0.4 is 4.74 Å². The largest absolute Gasteiger partial charge is 0.493 e. The van der Waals surface area contributed by atoms with Crippen molar-refractivity contribution in [2.75, 3.05) is 32.8 Å². The van der Waals surface area contributed by atoms with Crippen molar-refractivity contribution in [1.29, 1.82) is 0 Å². The zero-order valence-electron chi connectivity index (χ0n) is 14.4. The van der Waals surface area contributed by atoms with Gasteiger partial charge in [-0.1, -0.05) is 12.1 Å². The topological polar surface area (TPSA) is 49.9 Å². The summed E-state index contributed by atoms with van der Waals surface area (Å²) >= 11 is 0. The molecule has 0 N–H and O–H groups in total. The number of hydrogen-bond donors (Lipinski definition) is 0. The molecule has 0 saturated carbocycles. The average molecular weight is 330 g/mol. The van der Waals surface area contributed by atoms with Crippen molar-refractivity contribution in [2.24, 2.45) is 5.92 Å². The lowest BCUT2D eigenvalue weighted by Crippen LogP contribution is -2.43. The summed E-state index contributed by atoms with van der Waals surface area (Å²) in [7, 11) is 0. The van der Waals surface area contributed by atoms with E-state index in [1.54, 1.807) is 0 Å².